The minimum absolute atomic E-state index is 0.112. The van der Waals surface area contributed by atoms with Crippen LogP contribution < -0.4 is 5.32 Å². The van der Waals surface area contributed by atoms with E-state index >= 15 is 0 Å². The lowest BCUT2D eigenvalue weighted by Crippen LogP contribution is -2.50. The van der Waals surface area contributed by atoms with E-state index in [1.807, 2.05) is 6.92 Å². The molecule has 20 heavy (non-hydrogen) atoms. The highest BCUT2D eigenvalue weighted by molar-refractivity contribution is 7.09. The average molecular weight is 296 g/mol. The molecule has 3 rings (SSSR count). The molecule has 1 aromatic rings. The molecule has 1 aliphatic heterocycles. The Morgan fingerprint density at radius 2 is 1.95 bits per heavy atom. The maximum absolute atomic E-state index is 10.2. The van der Waals surface area contributed by atoms with Crippen LogP contribution in [-0.4, -0.2) is 50.6 Å². The van der Waals surface area contributed by atoms with E-state index in [-0.39, 0.29) is 6.10 Å². The van der Waals surface area contributed by atoms with E-state index < -0.39 is 0 Å². The molecular formula is C14H24N4OS. The molecule has 1 saturated heterocycles. The molecule has 1 aromatic heterocycles. The smallest absolute Gasteiger partial charge is 0.202 e. The molecule has 2 atom stereocenters. The molecule has 0 radical (unpaired) electrons. The van der Waals surface area contributed by atoms with Gasteiger partial charge in [-0.15, -0.1) is 0 Å². The first kappa shape index (κ1) is 14.2. The summed E-state index contributed by atoms with van der Waals surface area (Å²) in [5.41, 5.74) is 0. The van der Waals surface area contributed by atoms with Crippen LogP contribution in [-0.2, 0) is 0 Å². The van der Waals surface area contributed by atoms with Crippen LogP contribution in [0.1, 0.15) is 44.3 Å². The van der Waals surface area contributed by atoms with Crippen LogP contribution in [0.2, 0.25) is 0 Å². The summed E-state index contributed by atoms with van der Waals surface area (Å²) in [6, 6.07) is 0.896. The van der Waals surface area contributed by atoms with Crippen molar-refractivity contribution in [1.29, 1.82) is 0 Å². The minimum atomic E-state index is -0.112. The third kappa shape index (κ3) is 3.30. The number of nitrogens with zero attached hydrogens (tertiary/aromatic N) is 3. The number of likely N-dealkylation sites (tertiary alicyclic amines) is 1. The van der Waals surface area contributed by atoms with Crippen molar-refractivity contribution >= 4 is 16.7 Å². The van der Waals surface area contributed by atoms with E-state index in [9.17, 15) is 5.11 Å². The van der Waals surface area contributed by atoms with Crippen LogP contribution in [0.4, 0.5) is 5.13 Å². The number of nitrogens with one attached hydrogen (secondary N) is 1. The van der Waals surface area contributed by atoms with E-state index in [2.05, 4.69) is 19.6 Å². The lowest BCUT2D eigenvalue weighted by atomic mass is 9.89. The van der Waals surface area contributed by atoms with Gasteiger partial charge in [-0.05, 0) is 32.6 Å². The lowest BCUT2D eigenvalue weighted by Gasteiger charge is -2.41. The van der Waals surface area contributed by atoms with Gasteiger partial charge in [0.05, 0.1) is 6.10 Å². The van der Waals surface area contributed by atoms with E-state index in [4.69, 9.17) is 0 Å². The van der Waals surface area contributed by atoms with E-state index in [1.54, 1.807) is 0 Å². The number of hydrogen-bond donors (Lipinski definition) is 2. The fraction of sp³-hybridized carbons (Fsp3) is 0.857. The van der Waals surface area contributed by atoms with Crippen molar-refractivity contribution in [3.63, 3.8) is 0 Å². The number of piperidine rings is 1. The zero-order chi connectivity index (χ0) is 13.9. The van der Waals surface area contributed by atoms with Gasteiger partial charge >= 0.3 is 0 Å². The van der Waals surface area contributed by atoms with Crippen LogP contribution in [0.5, 0.6) is 0 Å². The molecular weight excluding hydrogens is 272 g/mol. The number of rotatable bonds is 3. The predicted molar refractivity (Wildman–Crippen MR) is 81.1 cm³/mol. The van der Waals surface area contributed by atoms with Crippen molar-refractivity contribution in [2.75, 3.05) is 18.4 Å². The first-order valence-electron chi connectivity index (χ1n) is 7.71. The molecule has 0 amide bonds. The molecule has 2 aliphatic rings. The van der Waals surface area contributed by atoms with Gasteiger partial charge in [-0.25, -0.2) is 4.98 Å². The van der Waals surface area contributed by atoms with Crippen molar-refractivity contribution in [3.05, 3.63) is 5.82 Å². The minimum Gasteiger partial charge on any atom is -0.391 e. The first-order valence-corrected chi connectivity index (χ1v) is 8.48. The topological polar surface area (TPSA) is 61.3 Å². The lowest BCUT2D eigenvalue weighted by molar-refractivity contribution is 0.00994. The summed E-state index contributed by atoms with van der Waals surface area (Å²) < 4.78 is 4.21. The Labute approximate surface area is 124 Å². The van der Waals surface area contributed by atoms with Crippen molar-refractivity contribution in [2.45, 2.75) is 63.6 Å². The molecule has 2 fully saturated rings. The molecule has 112 valence electrons. The van der Waals surface area contributed by atoms with Crippen LogP contribution in [0, 0.1) is 6.92 Å². The third-order valence-corrected chi connectivity index (χ3v) is 5.29. The van der Waals surface area contributed by atoms with Gasteiger partial charge in [0.15, 0.2) is 0 Å². The van der Waals surface area contributed by atoms with E-state index in [1.165, 1.54) is 24.4 Å². The van der Waals surface area contributed by atoms with Gasteiger partial charge in [0.2, 0.25) is 5.13 Å². The standard InChI is InChI=1S/C14H24N4OS/c1-10-15-14(20-17-10)16-11-6-8-18(9-7-11)12-4-2-3-5-13(12)19/h11-13,19H,2-9H2,1H3,(H,15,16,17). The zero-order valence-corrected chi connectivity index (χ0v) is 12.9. The summed E-state index contributed by atoms with van der Waals surface area (Å²) in [5.74, 6) is 0.847. The number of aromatic nitrogens is 2. The van der Waals surface area contributed by atoms with Gasteiger partial charge in [0.25, 0.3) is 0 Å². The quantitative estimate of drug-likeness (QED) is 0.893. The Hall–Kier alpha value is -0.720. The Morgan fingerprint density at radius 1 is 1.20 bits per heavy atom. The number of anilines is 1. The summed E-state index contributed by atoms with van der Waals surface area (Å²) in [4.78, 5) is 6.86. The summed E-state index contributed by atoms with van der Waals surface area (Å²) in [6.45, 7) is 4.09. The second-order valence-corrected chi connectivity index (χ2v) is 6.77. The molecule has 2 N–H and O–H groups in total. The normalized spacial score (nSPS) is 29.5. The van der Waals surface area contributed by atoms with Crippen LogP contribution in [0.25, 0.3) is 0 Å². The van der Waals surface area contributed by atoms with Gasteiger partial charge in [-0.2, -0.15) is 4.37 Å². The molecule has 5 nitrogen and oxygen atoms in total. The summed E-state index contributed by atoms with van der Waals surface area (Å²) in [6.07, 6.45) is 6.74. The Morgan fingerprint density at radius 3 is 2.60 bits per heavy atom. The second-order valence-electron chi connectivity index (χ2n) is 6.02. The van der Waals surface area contributed by atoms with Crippen molar-refractivity contribution in [1.82, 2.24) is 14.3 Å². The maximum Gasteiger partial charge on any atom is 0.202 e. The van der Waals surface area contributed by atoms with Crippen LogP contribution in [0.15, 0.2) is 0 Å². The number of hydrogen-bond acceptors (Lipinski definition) is 6. The van der Waals surface area contributed by atoms with Gasteiger partial charge in [0, 0.05) is 36.7 Å². The van der Waals surface area contributed by atoms with Crippen LogP contribution in [0.3, 0.4) is 0 Å². The summed E-state index contributed by atoms with van der Waals surface area (Å²) in [5, 5.41) is 14.6. The molecule has 1 aliphatic carbocycles. The third-order valence-electron chi connectivity index (χ3n) is 4.55. The van der Waals surface area contributed by atoms with E-state index in [0.29, 0.717) is 12.1 Å². The Bertz CT molecular complexity index is 431. The Balaban J connectivity index is 1.49. The number of aliphatic hydroxyl groups excluding tert-OH is 1. The van der Waals surface area contributed by atoms with E-state index in [0.717, 1.165) is 49.7 Å². The summed E-state index contributed by atoms with van der Waals surface area (Å²) >= 11 is 1.45. The van der Waals surface area contributed by atoms with Gasteiger partial charge in [-0.1, -0.05) is 12.8 Å². The number of aliphatic hydroxyl groups is 1. The molecule has 0 bridgehead atoms. The largest absolute Gasteiger partial charge is 0.391 e. The van der Waals surface area contributed by atoms with Crippen molar-refractivity contribution in [2.24, 2.45) is 0 Å². The molecule has 0 spiro atoms. The molecule has 2 unspecified atom stereocenters. The van der Waals surface area contributed by atoms with Crippen molar-refractivity contribution < 1.29 is 5.11 Å². The first-order chi connectivity index (χ1) is 9.72. The van der Waals surface area contributed by atoms with Crippen LogP contribution >= 0.6 is 11.5 Å². The summed E-state index contributed by atoms with van der Waals surface area (Å²) in [7, 11) is 0. The SMILES string of the molecule is Cc1nsc(NC2CCN(C3CCCCC3O)CC2)n1. The maximum atomic E-state index is 10.2. The van der Waals surface area contributed by atoms with Gasteiger partial charge in [-0.3, -0.25) is 4.90 Å². The number of aryl methyl sites for hydroxylation is 1. The van der Waals surface area contributed by atoms with Gasteiger partial charge in [0.1, 0.15) is 5.82 Å². The average Bonchev–Trinajstić information content (AvgIpc) is 2.86. The molecule has 1 saturated carbocycles. The van der Waals surface area contributed by atoms with Gasteiger partial charge < -0.3 is 10.4 Å². The highest BCUT2D eigenvalue weighted by Gasteiger charge is 2.31. The zero-order valence-electron chi connectivity index (χ0n) is 12.1. The van der Waals surface area contributed by atoms with Crippen molar-refractivity contribution in [3.8, 4) is 0 Å². The highest BCUT2D eigenvalue weighted by Crippen LogP contribution is 2.26. The highest BCUT2D eigenvalue weighted by atomic mass is 32.1. The molecule has 0 aromatic carbocycles. The fourth-order valence-corrected chi connectivity index (χ4v) is 4.08. The molecule has 6 heteroatoms. The molecule has 2 heterocycles. The monoisotopic (exact) mass is 296 g/mol. The fourth-order valence-electron chi connectivity index (χ4n) is 3.42. The Kier molecular flexibility index (Phi) is 4.53. The predicted octanol–water partition coefficient (Wildman–Crippen LogP) is 2.03. The second kappa shape index (κ2) is 6.37.